The van der Waals surface area contributed by atoms with Crippen molar-refractivity contribution in [3.8, 4) is 0 Å². The van der Waals surface area contributed by atoms with E-state index in [4.69, 9.17) is 4.74 Å². The van der Waals surface area contributed by atoms with Gasteiger partial charge in [-0.05, 0) is 32.8 Å². The second-order valence-electron chi connectivity index (χ2n) is 6.70. The summed E-state index contributed by atoms with van der Waals surface area (Å²) in [6.45, 7) is 6.67. The molecule has 1 saturated heterocycles. The van der Waals surface area contributed by atoms with Crippen LogP contribution in [0.25, 0.3) is 0 Å². The molecule has 122 valence electrons. The molecule has 1 heterocycles. The molecular weight excluding hydrogens is 283 g/mol. The number of halogens is 1. The molecule has 22 heavy (non-hydrogen) atoms. The molecule has 1 aliphatic heterocycles. The summed E-state index contributed by atoms with van der Waals surface area (Å²) in [6, 6.07) is 9.69. The minimum Gasteiger partial charge on any atom is -0.444 e. The van der Waals surface area contributed by atoms with Crippen molar-refractivity contribution in [2.45, 2.75) is 51.6 Å². The number of rotatable bonds is 3. The standard InChI is InChI=1S/C17H25FN2O2/c1-17(2,3)22-16(21)20-10-9-15(14(18)12-20)19-11-13-7-5-4-6-8-13/h4-8,14-15,19H,9-12H2,1-3H3/t14-,15?/m0/s1. The molecule has 2 atom stereocenters. The molecule has 1 aromatic rings. The van der Waals surface area contributed by atoms with Gasteiger partial charge < -0.3 is 15.0 Å². The van der Waals surface area contributed by atoms with Crippen molar-refractivity contribution in [1.82, 2.24) is 10.2 Å². The lowest BCUT2D eigenvalue weighted by Crippen LogP contribution is -2.53. The van der Waals surface area contributed by atoms with Crippen LogP contribution in [0.15, 0.2) is 30.3 Å². The lowest BCUT2D eigenvalue weighted by atomic mass is 10.0. The molecule has 4 nitrogen and oxygen atoms in total. The maximum atomic E-state index is 14.3. The highest BCUT2D eigenvalue weighted by atomic mass is 19.1. The van der Waals surface area contributed by atoms with E-state index in [-0.39, 0.29) is 12.6 Å². The predicted octanol–water partition coefficient (Wildman–Crippen LogP) is 3.12. The average Bonchev–Trinajstić information content (AvgIpc) is 2.45. The van der Waals surface area contributed by atoms with E-state index in [9.17, 15) is 9.18 Å². The third-order valence-corrected chi connectivity index (χ3v) is 3.60. The Morgan fingerprint density at radius 3 is 2.64 bits per heavy atom. The maximum Gasteiger partial charge on any atom is 0.410 e. The number of nitrogens with zero attached hydrogens (tertiary/aromatic N) is 1. The van der Waals surface area contributed by atoms with Crippen molar-refractivity contribution < 1.29 is 13.9 Å². The summed E-state index contributed by atoms with van der Waals surface area (Å²) in [6.07, 6.45) is -0.922. The molecule has 0 spiro atoms. The zero-order valence-corrected chi connectivity index (χ0v) is 13.5. The van der Waals surface area contributed by atoms with Crippen LogP contribution in [0.5, 0.6) is 0 Å². The molecule has 1 fully saturated rings. The maximum absolute atomic E-state index is 14.3. The number of benzene rings is 1. The van der Waals surface area contributed by atoms with Crippen LogP contribution in [0.4, 0.5) is 9.18 Å². The molecule has 0 saturated carbocycles. The fourth-order valence-corrected chi connectivity index (χ4v) is 2.47. The zero-order chi connectivity index (χ0) is 16.2. The van der Waals surface area contributed by atoms with E-state index < -0.39 is 17.9 Å². The smallest absolute Gasteiger partial charge is 0.410 e. The van der Waals surface area contributed by atoms with Crippen LogP contribution in [0, 0.1) is 0 Å². The monoisotopic (exact) mass is 308 g/mol. The normalized spacial score (nSPS) is 22.5. The topological polar surface area (TPSA) is 41.6 Å². The largest absolute Gasteiger partial charge is 0.444 e. The van der Waals surface area contributed by atoms with Gasteiger partial charge in [0.1, 0.15) is 11.8 Å². The molecule has 1 aliphatic rings. The summed E-state index contributed by atoms with van der Waals surface area (Å²) in [5.41, 5.74) is 0.579. The van der Waals surface area contributed by atoms with Gasteiger partial charge in [-0.1, -0.05) is 30.3 Å². The third kappa shape index (κ3) is 4.98. The number of ether oxygens (including phenoxy) is 1. The van der Waals surface area contributed by atoms with Gasteiger partial charge in [0.15, 0.2) is 0 Å². The molecule has 1 amide bonds. The summed E-state index contributed by atoms with van der Waals surface area (Å²) in [4.78, 5) is 13.4. The molecule has 0 radical (unpaired) electrons. The minimum absolute atomic E-state index is 0.0847. The van der Waals surface area contributed by atoms with Crippen molar-refractivity contribution in [2.75, 3.05) is 13.1 Å². The van der Waals surface area contributed by atoms with Crippen LogP contribution < -0.4 is 5.32 Å². The van der Waals surface area contributed by atoms with Crippen LogP contribution in [-0.4, -0.2) is 41.9 Å². The highest BCUT2D eigenvalue weighted by Gasteiger charge is 2.33. The minimum atomic E-state index is -1.08. The molecule has 1 aromatic carbocycles. The van der Waals surface area contributed by atoms with E-state index in [1.54, 1.807) is 0 Å². The van der Waals surface area contributed by atoms with Crippen molar-refractivity contribution in [3.63, 3.8) is 0 Å². The van der Waals surface area contributed by atoms with Crippen molar-refractivity contribution in [1.29, 1.82) is 0 Å². The lowest BCUT2D eigenvalue weighted by molar-refractivity contribution is 0.00934. The summed E-state index contributed by atoms with van der Waals surface area (Å²) in [7, 11) is 0. The molecule has 0 aromatic heterocycles. The molecular formula is C17H25FN2O2. The SMILES string of the molecule is CC(C)(C)OC(=O)N1CCC(NCc2ccccc2)[C@@H](F)C1. The number of hydrogen-bond donors (Lipinski definition) is 1. The molecule has 2 rings (SSSR count). The number of piperidine rings is 1. The number of alkyl halides is 1. The van der Waals surface area contributed by atoms with E-state index in [2.05, 4.69) is 5.32 Å². The number of nitrogens with one attached hydrogen (secondary N) is 1. The van der Waals surface area contributed by atoms with Gasteiger partial charge in [0, 0.05) is 19.1 Å². The Morgan fingerprint density at radius 1 is 1.36 bits per heavy atom. The van der Waals surface area contributed by atoms with Crippen LogP contribution >= 0.6 is 0 Å². The van der Waals surface area contributed by atoms with Gasteiger partial charge >= 0.3 is 6.09 Å². The second-order valence-corrected chi connectivity index (χ2v) is 6.70. The van der Waals surface area contributed by atoms with Gasteiger partial charge in [-0.15, -0.1) is 0 Å². The average molecular weight is 308 g/mol. The quantitative estimate of drug-likeness (QED) is 0.933. The van der Waals surface area contributed by atoms with Gasteiger partial charge in [-0.2, -0.15) is 0 Å². The second kappa shape index (κ2) is 7.09. The van der Waals surface area contributed by atoms with Crippen LogP contribution in [0.3, 0.4) is 0 Å². The van der Waals surface area contributed by atoms with E-state index in [1.807, 2.05) is 51.1 Å². The van der Waals surface area contributed by atoms with Crippen molar-refractivity contribution >= 4 is 6.09 Å². The van der Waals surface area contributed by atoms with E-state index in [0.29, 0.717) is 19.5 Å². The fraction of sp³-hybridized carbons (Fsp3) is 0.588. The fourth-order valence-electron chi connectivity index (χ4n) is 2.47. The summed E-state index contributed by atoms with van der Waals surface area (Å²) in [5, 5.41) is 3.24. The van der Waals surface area contributed by atoms with Crippen LogP contribution in [-0.2, 0) is 11.3 Å². The van der Waals surface area contributed by atoms with Gasteiger partial charge in [0.25, 0.3) is 0 Å². The van der Waals surface area contributed by atoms with E-state index >= 15 is 0 Å². The number of likely N-dealkylation sites (tertiary alicyclic amines) is 1. The summed E-state index contributed by atoms with van der Waals surface area (Å²) < 4.78 is 19.6. The highest BCUT2D eigenvalue weighted by molar-refractivity contribution is 5.68. The molecule has 5 heteroatoms. The van der Waals surface area contributed by atoms with Gasteiger partial charge in [0.2, 0.25) is 0 Å². The van der Waals surface area contributed by atoms with Gasteiger partial charge in [-0.25, -0.2) is 9.18 Å². The lowest BCUT2D eigenvalue weighted by Gasteiger charge is -2.36. The van der Waals surface area contributed by atoms with E-state index in [1.165, 1.54) is 4.90 Å². The first-order valence-electron chi connectivity index (χ1n) is 7.74. The first kappa shape index (κ1) is 16.7. The molecule has 0 bridgehead atoms. The number of carbonyl (C=O) groups excluding carboxylic acids is 1. The predicted molar refractivity (Wildman–Crippen MR) is 84.4 cm³/mol. The van der Waals surface area contributed by atoms with Crippen LogP contribution in [0.2, 0.25) is 0 Å². The summed E-state index contributed by atoms with van der Waals surface area (Å²) >= 11 is 0. The van der Waals surface area contributed by atoms with Crippen LogP contribution in [0.1, 0.15) is 32.8 Å². The van der Waals surface area contributed by atoms with Crippen molar-refractivity contribution in [3.05, 3.63) is 35.9 Å². The third-order valence-electron chi connectivity index (χ3n) is 3.60. The molecule has 1 N–H and O–H groups in total. The highest BCUT2D eigenvalue weighted by Crippen LogP contribution is 2.18. The summed E-state index contributed by atoms with van der Waals surface area (Å²) in [5.74, 6) is 0. The zero-order valence-electron chi connectivity index (χ0n) is 13.5. The first-order chi connectivity index (χ1) is 10.3. The molecule has 0 aliphatic carbocycles. The van der Waals surface area contributed by atoms with Crippen molar-refractivity contribution in [2.24, 2.45) is 0 Å². The Bertz CT molecular complexity index is 487. The number of carbonyl (C=O) groups is 1. The Labute approximate surface area is 131 Å². The van der Waals surface area contributed by atoms with Gasteiger partial charge in [-0.3, -0.25) is 0 Å². The Hall–Kier alpha value is -1.62. The Balaban J connectivity index is 1.81. The van der Waals surface area contributed by atoms with E-state index in [0.717, 1.165) is 5.56 Å². The first-order valence-corrected chi connectivity index (χ1v) is 7.74. The number of amides is 1. The number of hydrogen-bond acceptors (Lipinski definition) is 3. The Morgan fingerprint density at radius 2 is 2.05 bits per heavy atom. The van der Waals surface area contributed by atoms with Gasteiger partial charge in [0.05, 0.1) is 6.54 Å². The Kier molecular flexibility index (Phi) is 5.40. The molecule has 1 unspecified atom stereocenters.